The Labute approximate surface area is 69.0 Å². The van der Waals surface area contributed by atoms with Crippen LogP contribution in [0, 0.1) is 11.8 Å². The average Bonchev–Trinajstić information content (AvgIpc) is 1.86. The van der Waals surface area contributed by atoms with Gasteiger partial charge < -0.3 is 10.4 Å². The van der Waals surface area contributed by atoms with Crippen LogP contribution in [0.25, 0.3) is 0 Å². The third kappa shape index (κ3) is 4.83. The van der Waals surface area contributed by atoms with Crippen LogP contribution in [0.5, 0.6) is 0 Å². The lowest BCUT2D eigenvalue weighted by atomic mass is 10.0. The molecule has 2 N–H and O–H groups in total. The van der Waals surface area contributed by atoms with Gasteiger partial charge in [-0.15, -0.1) is 5.92 Å². The molecule has 0 spiro atoms. The molecule has 2 heteroatoms. The second kappa shape index (κ2) is 4.38. The van der Waals surface area contributed by atoms with Crippen LogP contribution in [0.1, 0.15) is 27.7 Å². The Balaban J connectivity index is 3.67. The van der Waals surface area contributed by atoms with Gasteiger partial charge in [0, 0.05) is 6.04 Å². The van der Waals surface area contributed by atoms with Gasteiger partial charge in [-0.25, -0.2) is 0 Å². The highest BCUT2D eigenvalue weighted by Gasteiger charge is 2.20. The SMILES string of the molecule is CC#CCNC(C)C(C)(C)O. The predicted molar refractivity (Wildman–Crippen MR) is 47.2 cm³/mol. The number of nitrogens with one attached hydrogen (secondary N) is 1. The highest BCUT2D eigenvalue weighted by atomic mass is 16.3. The second-order valence-electron chi connectivity index (χ2n) is 3.18. The summed E-state index contributed by atoms with van der Waals surface area (Å²) in [5, 5.41) is 12.6. The van der Waals surface area contributed by atoms with Gasteiger partial charge in [-0.1, -0.05) is 5.92 Å². The van der Waals surface area contributed by atoms with E-state index in [-0.39, 0.29) is 6.04 Å². The maximum absolute atomic E-state index is 9.47. The van der Waals surface area contributed by atoms with Crippen molar-refractivity contribution in [3.63, 3.8) is 0 Å². The van der Waals surface area contributed by atoms with Crippen LogP contribution in [0.2, 0.25) is 0 Å². The first-order valence-corrected chi connectivity index (χ1v) is 3.84. The van der Waals surface area contributed by atoms with Crippen molar-refractivity contribution in [2.24, 2.45) is 0 Å². The molecule has 0 fully saturated rings. The molecule has 0 saturated carbocycles. The van der Waals surface area contributed by atoms with E-state index in [0.717, 1.165) is 0 Å². The van der Waals surface area contributed by atoms with E-state index in [2.05, 4.69) is 17.2 Å². The van der Waals surface area contributed by atoms with Gasteiger partial charge in [-0.05, 0) is 27.7 Å². The average molecular weight is 155 g/mol. The van der Waals surface area contributed by atoms with E-state index in [4.69, 9.17) is 0 Å². The highest BCUT2D eigenvalue weighted by Crippen LogP contribution is 2.06. The van der Waals surface area contributed by atoms with Crippen LogP contribution in [-0.4, -0.2) is 23.3 Å². The minimum atomic E-state index is -0.671. The number of rotatable bonds is 3. The Kier molecular flexibility index (Phi) is 4.17. The second-order valence-corrected chi connectivity index (χ2v) is 3.18. The Morgan fingerprint density at radius 2 is 2.09 bits per heavy atom. The Morgan fingerprint density at radius 1 is 1.55 bits per heavy atom. The van der Waals surface area contributed by atoms with Gasteiger partial charge in [0.25, 0.3) is 0 Å². The molecule has 64 valence electrons. The summed E-state index contributed by atoms with van der Waals surface area (Å²) in [6.07, 6.45) is 0. The Bertz CT molecular complexity index is 159. The van der Waals surface area contributed by atoms with Crippen LogP contribution in [-0.2, 0) is 0 Å². The molecule has 0 aromatic rings. The van der Waals surface area contributed by atoms with Gasteiger partial charge in [0.15, 0.2) is 0 Å². The number of aliphatic hydroxyl groups is 1. The summed E-state index contributed by atoms with van der Waals surface area (Å²) in [5.74, 6) is 5.66. The molecule has 1 unspecified atom stereocenters. The summed E-state index contributed by atoms with van der Waals surface area (Å²) in [6, 6.07) is 0.0725. The van der Waals surface area contributed by atoms with Crippen LogP contribution in [0.3, 0.4) is 0 Å². The molecule has 0 aliphatic rings. The normalized spacial score (nSPS) is 13.5. The van der Waals surface area contributed by atoms with Gasteiger partial charge in [-0.2, -0.15) is 0 Å². The van der Waals surface area contributed by atoms with Gasteiger partial charge in [0.05, 0.1) is 12.1 Å². The third-order valence-electron chi connectivity index (χ3n) is 1.73. The summed E-state index contributed by atoms with van der Waals surface area (Å²) < 4.78 is 0. The van der Waals surface area contributed by atoms with E-state index in [0.29, 0.717) is 6.54 Å². The largest absolute Gasteiger partial charge is 0.389 e. The Hall–Kier alpha value is -0.520. The molecule has 0 amide bonds. The number of hydrogen-bond donors (Lipinski definition) is 2. The van der Waals surface area contributed by atoms with Gasteiger partial charge in [0.1, 0.15) is 0 Å². The zero-order valence-electron chi connectivity index (χ0n) is 7.73. The fourth-order valence-corrected chi connectivity index (χ4v) is 0.542. The van der Waals surface area contributed by atoms with Crippen LogP contribution in [0.4, 0.5) is 0 Å². The lowest BCUT2D eigenvalue weighted by Gasteiger charge is -2.25. The van der Waals surface area contributed by atoms with Crippen molar-refractivity contribution >= 4 is 0 Å². The fourth-order valence-electron chi connectivity index (χ4n) is 0.542. The molecule has 0 saturated heterocycles. The molecule has 1 atom stereocenters. The maximum atomic E-state index is 9.47. The molecule has 0 rings (SSSR count). The molecule has 2 nitrogen and oxygen atoms in total. The van der Waals surface area contributed by atoms with Gasteiger partial charge in [0.2, 0.25) is 0 Å². The topological polar surface area (TPSA) is 32.3 Å². The van der Waals surface area contributed by atoms with Crippen LogP contribution < -0.4 is 5.32 Å². The molecule has 0 aromatic heterocycles. The van der Waals surface area contributed by atoms with E-state index in [9.17, 15) is 5.11 Å². The van der Waals surface area contributed by atoms with Crippen LogP contribution in [0.15, 0.2) is 0 Å². The van der Waals surface area contributed by atoms with Crippen molar-refractivity contribution in [1.29, 1.82) is 0 Å². The lowest BCUT2D eigenvalue weighted by molar-refractivity contribution is 0.0459. The summed E-state index contributed by atoms with van der Waals surface area (Å²) in [4.78, 5) is 0. The minimum absolute atomic E-state index is 0.0725. The van der Waals surface area contributed by atoms with Crippen molar-refractivity contribution in [3.05, 3.63) is 0 Å². The molecule has 0 radical (unpaired) electrons. The summed E-state index contributed by atoms with van der Waals surface area (Å²) in [6.45, 7) is 7.95. The minimum Gasteiger partial charge on any atom is -0.389 e. The van der Waals surface area contributed by atoms with Gasteiger partial charge >= 0.3 is 0 Å². The zero-order chi connectivity index (χ0) is 8.91. The van der Waals surface area contributed by atoms with Gasteiger partial charge in [-0.3, -0.25) is 0 Å². The fraction of sp³-hybridized carbons (Fsp3) is 0.778. The number of hydrogen-bond acceptors (Lipinski definition) is 2. The summed E-state index contributed by atoms with van der Waals surface area (Å²) in [5.41, 5.74) is -0.671. The summed E-state index contributed by atoms with van der Waals surface area (Å²) in [7, 11) is 0. The predicted octanol–water partition coefficient (Wildman–Crippen LogP) is 0.759. The quantitative estimate of drug-likeness (QED) is 0.590. The molecule has 0 aromatic carbocycles. The van der Waals surface area contributed by atoms with Crippen molar-refractivity contribution in [2.45, 2.75) is 39.3 Å². The smallest absolute Gasteiger partial charge is 0.0741 e. The molecule has 0 aliphatic carbocycles. The first-order chi connectivity index (χ1) is 4.98. The van der Waals surface area contributed by atoms with Crippen molar-refractivity contribution in [2.75, 3.05) is 6.54 Å². The van der Waals surface area contributed by atoms with Crippen molar-refractivity contribution in [3.8, 4) is 11.8 Å². The lowest BCUT2D eigenvalue weighted by Crippen LogP contribution is -2.44. The van der Waals surface area contributed by atoms with Crippen LogP contribution >= 0.6 is 0 Å². The summed E-state index contributed by atoms with van der Waals surface area (Å²) >= 11 is 0. The van der Waals surface area contributed by atoms with E-state index in [1.54, 1.807) is 20.8 Å². The maximum Gasteiger partial charge on any atom is 0.0741 e. The molecule has 0 heterocycles. The Morgan fingerprint density at radius 3 is 2.45 bits per heavy atom. The van der Waals surface area contributed by atoms with E-state index in [1.165, 1.54) is 0 Å². The van der Waals surface area contributed by atoms with Crippen molar-refractivity contribution in [1.82, 2.24) is 5.32 Å². The molecular weight excluding hydrogens is 138 g/mol. The highest BCUT2D eigenvalue weighted by molar-refractivity contribution is 4.98. The monoisotopic (exact) mass is 155 g/mol. The molecular formula is C9H17NO. The zero-order valence-corrected chi connectivity index (χ0v) is 7.73. The van der Waals surface area contributed by atoms with E-state index >= 15 is 0 Å². The third-order valence-corrected chi connectivity index (χ3v) is 1.73. The molecule has 11 heavy (non-hydrogen) atoms. The molecule has 0 bridgehead atoms. The first kappa shape index (κ1) is 10.5. The van der Waals surface area contributed by atoms with Crippen molar-refractivity contribution < 1.29 is 5.11 Å². The van der Waals surface area contributed by atoms with E-state index in [1.807, 2.05) is 6.92 Å². The van der Waals surface area contributed by atoms with E-state index < -0.39 is 5.60 Å². The first-order valence-electron chi connectivity index (χ1n) is 3.84. The molecule has 0 aliphatic heterocycles. The standard InChI is InChI=1S/C9H17NO/c1-5-6-7-10-8(2)9(3,4)11/h8,10-11H,7H2,1-4H3.